The molecule has 3 nitrogen and oxygen atoms in total. The number of nitrogens with zero attached hydrogens (tertiary/aromatic N) is 1. The Morgan fingerprint density at radius 1 is 1.50 bits per heavy atom. The van der Waals surface area contributed by atoms with Gasteiger partial charge in [0.1, 0.15) is 0 Å². The molecule has 0 heterocycles. The first-order valence-electron chi connectivity index (χ1n) is 6.19. The van der Waals surface area contributed by atoms with E-state index < -0.39 is 0 Å². The molecule has 0 bridgehead atoms. The lowest BCUT2D eigenvalue weighted by Gasteiger charge is -2.25. The number of hydrogen-bond donors (Lipinski definition) is 0. The van der Waals surface area contributed by atoms with Crippen LogP contribution in [0.4, 0.5) is 5.69 Å². The fraction of sp³-hybridized carbons (Fsp3) is 0.500. The van der Waals surface area contributed by atoms with Crippen molar-refractivity contribution < 1.29 is 9.53 Å². The summed E-state index contributed by atoms with van der Waals surface area (Å²) in [7, 11) is 1.72. The van der Waals surface area contributed by atoms with Gasteiger partial charge >= 0.3 is 0 Å². The highest BCUT2D eigenvalue weighted by Crippen LogP contribution is 2.36. The maximum atomic E-state index is 11.3. The molecule has 0 aliphatic heterocycles. The number of anilines is 1. The first-order valence-corrected chi connectivity index (χ1v) is 6.99. The molecule has 0 N–H and O–H groups in total. The smallest absolute Gasteiger partial charge is 0.159 e. The quantitative estimate of drug-likeness (QED) is 0.755. The molecule has 0 saturated heterocycles. The van der Waals surface area contributed by atoms with Gasteiger partial charge in [-0.3, -0.25) is 4.79 Å². The van der Waals surface area contributed by atoms with Gasteiger partial charge in [-0.25, -0.2) is 0 Å². The molecule has 0 unspecified atom stereocenters. The van der Waals surface area contributed by atoms with E-state index in [9.17, 15) is 4.79 Å². The Balaban J connectivity index is 2.21. The van der Waals surface area contributed by atoms with Gasteiger partial charge in [0, 0.05) is 29.7 Å². The Morgan fingerprint density at radius 3 is 2.72 bits per heavy atom. The lowest BCUT2D eigenvalue weighted by molar-refractivity contribution is 0.101. The number of benzene rings is 1. The molecule has 4 heteroatoms. The summed E-state index contributed by atoms with van der Waals surface area (Å²) in [4.78, 5) is 13.7. The van der Waals surface area contributed by atoms with Gasteiger partial charge in [0.15, 0.2) is 5.78 Å². The largest absolute Gasteiger partial charge is 0.383 e. The molecule has 2 rings (SSSR count). The Kier molecular flexibility index (Phi) is 4.40. The average Bonchev–Trinajstić information content (AvgIpc) is 3.15. The zero-order chi connectivity index (χ0) is 13.1. The number of halogens is 1. The van der Waals surface area contributed by atoms with Crippen molar-refractivity contribution >= 4 is 27.4 Å². The second-order valence-electron chi connectivity index (χ2n) is 4.64. The molecule has 98 valence electrons. The predicted octanol–water partition coefficient (Wildman–Crippen LogP) is 3.27. The summed E-state index contributed by atoms with van der Waals surface area (Å²) in [6.45, 7) is 3.20. The van der Waals surface area contributed by atoms with Crippen molar-refractivity contribution in [3.05, 3.63) is 28.2 Å². The van der Waals surface area contributed by atoms with Gasteiger partial charge in [0.05, 0.1) is 12.3 Å². The van der Waals surface area contributed by atoms with Crippen LogP contribution in [-0.2, 0) is 4.74 Å². The summed E-state index contributed by atoms with van der Waals surface area (Å²) < 4.78 is 6.15. The Hall–Kier alpha value is -0.870. The van der Waals surface area contributed by atoms with Crippen LogP contribution in [0.15, 0.2) is 22.7 Å². The summed E-state index contributed by atoms with van der Waals surface area (Å²) in [6, 6.07) is 6.44. The number of ketones is 1. The minimum atomic E-state index is 0.0945. The summed E-state index contributed by atoms with van der Waals surface area (Å²) in [5.74, 6) is 0.0945. The van der Waals surface area contributed by atoms with Crippen molar-refractivity contribution in [2.24, 2.45) is 0 Å². The normalized spacial score (nSPS) is 14.6. The van der Waals surface area contributed by atoms with E-state index in [2.05, 4.69) is 20.8 Å². The van der Waals surface area contributed by atoms with Crippen LogP contribution >= 0.6 is 15.9 Å². The van der Waals surface area contributed by atoms with Crippen molar-refractivity contribution in [2.45, 2.75) is 25.8 Å². The fourth-order valence-electron chi connectivity index (χ4n) is 2.03. The third-order valence-corrected chi connectivity index (χ3v) is 3.82. The van der Waals surface area contributed by atoms with Gasteiger partial charge in [-0.05, 0) is 53.9 Å². The molecule has 0 aromatic heterocycles. The molecule has 0 spiro atoms. The van der Waals surface area contributed by atoms with E-state index in [0.29, 0.717) is 6.04 Å². The molecule has 18 heavy (non-hydrogen) atoms. The molecule has 1 fully saturated rings. The Bertz CT molecular complexity index is 443. The van der Waals surface area contributed by atoms with Crippen molar-refractivity contribution in [3.8, 4) is 0 Å². The van der Waals surface area contributed by atoms with E-state index >= 15 is 0 Å². The SMILES string of the molecule is COCCN(c1ccc(C(C)=O)cc1Br)C1CC1. The van der Waals surface area contributed by atoms with Gasteiger partial charge in [0.25, 0.3) is 0 Å². The molecule has 1 aromatic carbocycles. The standard InChI is InChI=1S/C14H18BrNO2/c1-10(17)11-3-6-14(13(15)9-11)16(7-8-18-2)12-4-5-12/h3,6,9,12H,4-5,7-8H2,1-2H3. The first-order chi connectivity index (χ1) is 8.63. The van der Waals surface area contributed by atoms with Crippen molar-refractivity contribution in [2.75, 3.05) is 25.2 Å². The molecule has 0 atom stereocenters. The van der Waals surface area contributed by atoms with Crippen LogP contribution in [0.1, 0.15) is 30.1 Å². The number of Topliss-reactive ketones (excluding diaryl/α,β-unsaturated/α-hetero) is 1. The molecule has 1 aliphatic rings. The molecule has 0 radical (unpaired) electrons. The molecule has 1 aromatic rings. The number of carbonyl (C=O) groups excluding carboxylic acids is 1. The van der Waals surface area contributed by atoms with E-state index in [1.807, 2.05) is 18.2 Å². The summed E-state index contributed by atoms with van der Waals surface area (Å²) in [6.07, 6.45) is 2.48. The van der Waals surface area contributed by atoms with Crippen LogP contribution < -0.4 is 4.90 Å². The van der Waals surface area contributed by atoms with Crippen LogP contribution in [0.25, 0.3) is 0 Å². The van der Waals surface area contributed by atoms with Crippen LogP contribution in [0, 0.1) is 0 Å². The maximum absolute atomic E-state index is 11.3. The minimum absolute atomic E-state index is 0.0945. The minimum Gasteiger partial charge on any atom is -0.383 e. The topological polar surface area (TPSA) is 29.5 Å². The van der Waals surface area contributed by atoms with Crippen molar-refractivity contribution in [3.63, 3.8) is 0 Å². The number of methoxy groups -OCH3 is 1. The van der Waals surface area contributed by atoms with Crippen LogP contribution in [-0.4, -0.2) is 32.1 Å². The first kappa shape index (κ1) is 13.6. The highest BCUT2D eigenvalue weighted by Gasteiger charge is 2.30. The van der Waals surface area contributed by atoms with E-state index in [1.54, 1.807) is 14.0 Å². The zero-order valence-electron chi connectivity index (χ0n) is 10.8. The fourth-order valence-corrected chi connectivity index (χ4v) is 2.64. The third kappa shape index (κ3) is 3.12. The Labute approximate surface area is 116 Å². The predicted molar refractivity (Wildman–Crippen MR) is 76.4 cm³/mol. The van der Waals surface area contributed by atoms with Crippen LogP contribution in [0.5, 0.6) is 0 Å². The second-order valence-corrected chi connectivity index (χ2v) is 5.49. The molecule has 0 amide bonds. The van der Waals surface area contributed by atoms with E-state index in [0.717, 1.165) is 28.9 Å². The van der Waals surface area contributed by atoms with E-state index in [4.69, 9.17) is 4.74 Å². The second kappa shape index (κ2) is 5.85. The van der Waals surface area contributed by atoms with E-state index in [-0.39, 0.29) is 5.78 Å². The van der Waals surface area contributed by atoms with E-state index in [1.165, 1.54) is 12.8 Å². The van der Waals surface area contributed by atoms with Gasteiger partial charge in [-0.1, -0.05) is 0 Å². The highest BCUT2D eigenvalue weighted by molar-refractivity contribution is 9.10. The third-order valence-electron chi connectivity index (χ3n) is 3.19. The van der Waals surface area contributed by atoms with Gasteiger partial charge < -0.3 is 9.64 Å². The van der Waals surface area contributed by atoms with Crippen LogP contribution in [0.3, 0.4) is 0 Å². The molecule has 1 aliphatic carbocycles. The number of hydrogen-bond acceptors (Lipinski definition) is 3. The maximum Gasteiger partial charge on any atom is 0.159 e. The summed E-state index contributed by atoms with van der Waals surface area (Å²) in [5, 5.41) is 0. The van der Waals surface area contributed by atoms with Crippen LogP contribution in [0.2, 0.25) is 0 Å². The monoisotopic (exact) mass is 311 g/mol. The number of ether oxygens (including phenoxy) is 1. The highest BCUT2D eigenvalue weighted by atomic mass is 79.9. The zero-order valence-corrected chi connectivity index (χ0v) is 12.4. The number of carbonyl (C=O) groups is 1. The lowest BCUT2D eigenvalue weighted by Crippen LogP contribution is -2.29. The summed E-state index contributed by atoms with van der Waals surface area (Å²) in [5.41, 5.74) is 1.90. The lowest BCUT2D eigenvalue weighted by atomic mass is 10.1. The Morgan fingerprint density at radius 2 is 2.22 bits per heavy atom. The number of rotatable bonds is 6. The average molecular weight is 312 g/mol. The van der Waals surface area contributed by atoms with Gasteiger partial charge in [-0.15, -0.1) is 0 Å². The molecular weight excluding hydrogens is 294 g/mol. The molecule has 1 saturated carbocycles. The summed E-state index contributed by atoms with van der Waals surface area (Å²) >= 11 is 3.57. The van der Waals surface area contributed by atoms with Crippen molar-refractivity contribution in [1.82, 2.24) is 0 Å². The molecular formula is C14H18BrNO2. The van der Waals surface area contributed by atoms with Crippen molar-refractivity contribution in [1.29, 1.82) is 0 Å². The van der Waals surface area contributed by atoms with Gasteiger partial charge in [0.2, 0.25) is 0 Å². The van der Waals surface area contributed by atoms with Gasteiger partial charge in [-0.2, -0.15) is 0 Å².